The third-order valence-electron chi connectivity index (χ3n) is 6.29. The molecule has 122 valence electrons. The lowest BCUT2D eigenvalue weighted by Gasteiger charge is -2.53. The molecular weight excluding hydrogens is 292 g/mol. The molecule has 5 rings (SSSR count). The number of nitrogens with zero attached hydrogens (tertiary/aromatic N) is 1. The molecule has 0 saturated heterocycles. The maximum absolute atomic E-state index is 12.9. The lowest BCUT2D eigenvalue weighted by atomic mass is 9.51. The van der Waals surface area contributed by atoms with Gasteiger partial charge in [0.15, 0.2) is 0 Å². The number of amides is 1. The van der Waals surface area contributed by atoms with Crippen LogP contribution in [0.1, 0.15) is 37.7 Å². The Morgan fingerprint density at radius 2 is 1.74 bits per heavy atom. The van der Waals surface area contributed by atoms with Crippen LogP contribution in [0.3, 0.4) is 0 Å². The van der Waals surface area contributed by atoms with Crippen molar-refractivity contribution < 1.29 is 9.72 Å². The maximum Gasteiger partial charge on any atom is 0.274 e. The second kappa shape index (κ2) is 5.32. The Hall–Kier alpha value is -1.91. The molecule has 0 radical (unpaired) electrons. The predicted octanol–water partition coefficient (Wildman–Crippen LogP) is 3.91. The quantitative estimate of drug-likeness (QED) is 0.679. The number of hydrogen-bond acceptors (Lipinski definition) is 3. The average molecular weight is 314 g/mol. The Morgan fingerprint density at radius 1 is 1.13 bits per heavy atom. The number of nitro benzene ring substituents is 1. The van der Waals surface area contributed by atoms with Crippen LogP contribution in [0.5, 0.6) is 0 Å². The van der Waals surface area contributed by atoms with Gasteiger partial charge in [-0.3, -0.25) is 14.9 Å². The topological polar surface area (TPSA) is 72.2 Å². The van der Waals surface area contributed by atoms with E-state index in [1.54, 1.807) is 19.1 Å². The van der Waals surface area contributed by atoms with Crippen LogP contribution in [-0.4, -0.2) is 10.8 Å². The summed E-state index contributed by atoms with van der Waals surface area (Å²) in [6.07, 6.45) is 6.14. The summed E-state index contributed by atoms with van der Waals surface area (Å²) in [7, 11) is 0. The number of anilines is 1. The first-order valence-corrected chi connectivity index (χ1v) is 8.57. The molecule has 5 nitrogen and oxygen atoms in total. The Bertz CT molecular complexity index is 642. The van der Waals surface area contributed by atoms with Gasteiger partial charge >= 0.3 is 0 Å². The van der Waals surface area contributed by atoms with Gasteiger partial charge in [-0.1, -0.05) is 6.07 Å². The zero-order valence-electron chi connectivity index (χ0n) is 13.3. The van der Waals surface area contributed by atoms with Gasteiger partial charge in [0.05, 0.1) is 16.2 Å². The van der Waals surface area contributed by atoms with Gasteiger partial charge in [-0.05, 0) is 68.8 Å². The van der Waals surface area contributed by atoms with Crippen molar-refractivity contribution in [3.8, 4) is 0 Å². The van der Waals surface area contributed by atoms with Crippen molar-refractivity contribution in [2.45, 2.75) is 39.0 Å². The van der Waals surface area contributed by atoms with Crippen LogP contribution in [0.15, 0.2) is 18.2 Å². The molecule has 4 fully saturated rings. The molecule has 23 heavy (non-hydrogen) atoms. The summed E-state index contributed by atoms with van der Waals surface area (Å²) in [6.45, 7) is 1.70. The molecule has 0 aliphatic heterocycles. The molecule has 1 N–H and O–H groups in total. The number of nitro groups is 1. The van der Waals surface area contributed by atoms with Gasteiger partial charge in [0.2, 0.25) is 5.91 Å². The number of benzene rings is 1. The van der Waals surface area contributed by atoms with Gasteiger partial charge in [0.25, 0.3) is 5.69 Å². The lowest BCUT2D eigenvalue weighted by molar-refractivity contribution is -0.385. The summed E-state index contributed by atoms with van der Waals surface area (Å²) in [5, 5.41) is 14.0. The molecule has 0 heterocycles. The van der Waals surface area contributed by atoms with E-state index in [9.17, 15) is 14.9 Å². The summed E-state index contributed by atoms with van der Waals surface area (Å²) < 4.78 is 0. The maximum atomic E-state index is 12.9. The first kappa shape index (κ1) is 14.7. The molecule has 4 aliphatic carbocycles. The van der Waals surface area contributed by atoms with Crippen LogP contribution >= 0.6 is 0 Å². The van der Waals surface area contributed by atoms with E-state index < -0.39 is 4.92 Å². The van der Waals surface area contributed by atoms with E-state index in [1.807, 2.05) is 0 Å². The van der Waals surface area contributed by atoms with Crippen molar-refractivity contribution in [2.75, 3.05) is 5.32 Å². The first-order chi connectivity index (χ1) is 11.0. The molecule has 0 spiro atoms. The second-order valence-corrected chi connectivity index (χ2v) is 7.65. The van der Waals surface area contributed by atoms with Crippen LogP contribution in [0.25, 0.3) is 0 Å². The lowest BCUT2D eigenvalue weighted by Crippen LogP contribution is -2.49. The van der Waals surface area contributed by atoms with Gasteiger partial charge < -0.3 is 5.32 Å². The van der Waals surface area contributed by atoms with Crippen molar-refractivity contribution in [1.29, 1.82) is 0 Å². The van der Waals surface area contributed by atoms with E-state index in [0.29, 0.717) is 23.1 Å². The van der Waals surface area contributed by atoms with Crippen molar-refractivity contribution in [3.05, 3.63) is 33.9 Å². The smallest absolute Gasteiger partial charge is 0.274 e. The van der Waals surface area contributed by atoms with Gasteiger partial charge in [-0.15, -0.1) is 0 Å². The fourth-order valence-electron chi connectivity index (χ4n) is 5.53. The second-order valence-electron chi connectivity index (χ2n) is 7.65. The largest absolute Gasteiger partial charge is 0.325 e. The Morgan fingerprint density at radius 3 is 2.30 bits per heavy atom. The minimum absolute atomic E-state index is 0.0629. The average Bonchev–Trinajstić information content (AvgIpc) is 2.48. The summed E-state index contributed by atoms with van der Waals surface area (Å²) in [6, 6.07) is 4.88. The van der Waals surface area contributed by atoms with Crippen LogP contribution in [0, 0.1) is 46.6 Å². The molecule has 4 saturated carbocycles. The van der Waals surface area contributed by atoms with E-state index in [1.165, 1.54) is 38.2 Å². The number of hydrogen-bond donors (Lipinski definition) is 1. The predicted molar refractivity (Wildman–Crippen MR) is 87.0 cm³/mol. The number of carbonyl (C=O) groups is 1. The first-order valence-electron chi connectivity index (χ1n) is 8.57. The molecule has 1 aromatic rings. The minimum Gasteiger partial charge on any atom is -0.325 e. The summed E-state index contributed by atoms with van der Waals surface area (Å²) in [5.41, 5.74) is 1.18. The zero-order chi connectivity index (χ0) is 16.1. The highest BCUT2D eigenvalue weighted by Crippen LogP contribution is 2.56. The molecule has 0 atom stereocenters. The van der Waals surface area contributed by atoms with Gasteiger partial charge in [-0.2, -0.15) is 0 Å². The SMILES string of the molecule is Cc1c(NC(=O)C2C3CC4CC(C3)CC2C4)cccc1[N+](=O)[O-]. The fraction of sp³-hybridized carbons (Fsp3) is 0.611. The molecule has 0 aromatic heterocycles. The third kappa shape index (κ3) is 2.42. The van der Waals surface area contributed by atoms with Crippen LogP contribution < -0.4 is 5.32 Å². The normalized spacial score (nSPS) is 34.4. The standard InChI is InChI=1S/C18H22N2O3/c1-10-15(3-2-4-16(10)20(22)23)19-18(21)17-13-6-11-5-12(8-13)9-14(17)7-11/h2-4,11-14,17H,5-9H2,1H3,(H,19,21). The number of nitrogens with one attached hydrogen (secondary N) is 1. The van der Waals surface area contributed by atoms with Crippen LogP contribution in [-0.2, 0) is 4.79 Å². The minimum atomic E-state index is -0.395. The molecular formula is C18H22N2O3. The fourth-order valence-corrected chi connectivity index (χ4v) is 5.53. The monoisotopic (exact) mass is 314 g/mol. The van der Waals surface area contributed by atoms with Crippen LogP contribution in [0.4, 0.5) is 11.4 Å². The summed E-state index contributed by atoms with van der Waals surface area (Å²) in [4.78, 5) is 23.5. The molecule has 1 aromatic carbocycles. The molecule has 4 bridgehead atoms. The summed E-state index contributed by atoms with van der Waals surface area (Å²) in [5.74, 6) is 2.88. The third-order valence-corrected chi connectivity index (χ3v) is 6.29. The number of carbonyl (C=O) groups excluding carboxylic acids is 1. The van der Waals surface area contributed by atoms with Gasteiger partial charge in [-0.25, -0.2) is 0 Å². The molecule has 1 amide bonds. The van der Waals surface area contributed by atoms with Crippen molar-refractivity contribution in [3.63, 3.8) is 0 Å². The molecule has 5 heteroatoms. The van der Waals surface area contributed by atoms with Crippen molar-refractivity contribution in [1.82, 2.24) is 0 Å². The zero-order valence-corrected chi connectivity index (χ0v) is 13.3. The van der Waals surface area contributed by atoms with E-state index in [4.69, 9.17) is 0 Å². The summed E-state index contributed by atoms with van der Waals surface area (Å²) >= 11 is 0. The number of rotatable bonds is 3. The van der Waals surface area contributed by atoms with E-state index in [2.05, 4.69) is 5.32 Å². The van der Waals surface area contributed by atoms with Gasteiger partial charge in [0, 0.05) is 12.0 Å². The highest BCUT2D eigenvalue weighted by molar-refractivity contribution is 5.94. The van der Waals surface area contributed by atoms with Crippen LogP contribution in [0.2, 0.25) is 0 Å². The Kier molecular flexibility index (Phi) is 3.39. The Labute approximate surface area is 135 Å². The van der Waals surface area contributed by atoms with E-state index >= 15 is 0 Å². The van der Waals surface area contributed by atoms with E-state index in [-0.39, 0.29) is 17.5 Å². The molecule has 4 aliphatic rings. The van der Waals surface area contributed by atoms with Crippen molar-refractivity contribution in [2.24, 2.45) is 29.6 Å². The Balaban J connectivity index is 1.55. The van der Waals surface area contributed by atoms with Gasteiger partial charge in [0.1, 0.15) is 0 Å². The molecule has 0 unspecified atom stereocenters. The highest BCUT2D eigenvalue weighted by atomic mass is 16.6. The van der Waals surface area contributed by atoms with Crippen molar-refractivity contribution >= 4 is 17.3 Å². The highest BCUT2D eigenvalue weighted by Gasteiger charge is 2.50. The van der Waals surface area contributed by atoms with E-state index in [0.717, 1.165) is 11.8 Å².